The molecule has 0 aliphatic carbocycles. The highest BCUT2D eigenvalue weighted by Gasteiger charge is 2.07. The Labute approximate surface area is 126 Å². The van der Waals surface area contributed by atoms with Gasteiger partial charge < -0.3 is 14.2 Å². The molecule has 3 nitrogen and oxygen atoms in total. The summed E-state index contributed by atoms with van der Waals surface area (Å²) in [6.45, 7) is 11.5. The van der Waals surface area contributed by atoms with Crippen molar-refractivity contribution in [2.24, 2.45) is 0 Å². The lowest BCUT2D eigenvalue weighted by molar-refractivity contribution is -0.0573. The minimum Gasteiger partial charge on any atom is -0.379 e. The summed E-state index contributed by atoms with van der Waals surface area (Å²) < 4.78 is 16.9. The lowest BCUT2D eigenvalue weighted by Gasteiger charge is -2.17. The van der Waals surface area contributed by atoms with Crippen LogP contribution in [0.25, 0.3) is 0 Å². The molecule has 0 radical (unpaired) electrons. The van der Waals surface area contributed by atoms with E-state index in [2.05, 4.69) is 27.7 Å². The topological polar surface area (TPSA) is 27.7 Å². The monoisotopic (exact) mass is 288 g/mol. The zero-order chi connectivity index (χ0) is 15.1. The van der Waals surface area contributed by atoms with Crippen LogP contribution in [0.4, 0.5) is 0 Å². The van der Waals surface area contributed by atoms with Crippen molar-refractivity contribution >= 4 is 0 Å². The van der Waals surface area contributed by atoms with E-state index in [1.54, 1.807) is 0 Å². The van der Waals surface area contributed by atoms with Gasteiger partial charge in [0.05, 0.1) is 25.4 Å². The molecule has 0 rings (SSSR count). The summed E-state index contributed by atoms with van der Waals surface area (Å²) in [7, 11) is 0. The fraction of sp³-hybridized carbons (Fsp3) is 1.00. The zero-order valence-corrected chi connectivity index (χ0v) is 14.2. The van der Waals surface area contributed by atoms with Crippen LogP contribution in [-0.2, 0) is 14.2 Å². The Kier molecular flexibility index (Phi) is 15.2. The Bertz CT molecular complexity index is 185. The Balaban J connectivity index is 3.29. The standard InChI is InChI=1S/C17H36O3/c1-5-7-8-9-10-11-13-19-17(4)15-20-16(3)14-18-12-6-2/h16-17H,5-15H2,1-4H3. The summed E-state index contributed by atoms with van der Waals surface area (Å²) in [4.78, 5) is 0. The van der Waals surface area contributed by atoms with E-state index in [0.29, 0.717) is 13.2 Å². The van der Waals surface area contributed by atoms with Crippen LogP contribution in [0.5, 0.6) is 0 Å². The first-order valence-electron chi connectivity index (χ1n) is 8.51. The highest BCUT2D eigenvalue weighted by Crippen LogP contribution is 2.06. The van der Waals surface area contributed by atoms with Gasteiger partial charge in [-0.3, -0.25) is 0 Å². The van der Waals surface area contributed by atoms with E-state index in [4.69, 9.17) is 14.2 Å². The summed E-state index contributed by atoms with van der Waals surface area (Å²) in [5, 5.41) is 0. The third-order valence-corrected chi connectivity index (χ3v) is 3.22. The van der Waals surface area contributed by atoms with E-state index in [1.165, 1.54) is 38.5 Å². The number of rotatable bonds is 15. The molecule has 0 saturated heterocycles. The quantitative estimate of drug-likeness (QED) is 0.413. The predicted octanol–water partition coefficient (Wildman–Crippen LogP) is 4.58. The van der Waals surface area contributed by atoms with Gasteiger partial charge >= 0.3 is 0 Å². The molecule has 0 aliphatic rings. The maximum atomic E-state index is 5.76. The van der Waals surface area contributed by atoms with E-state index < -0.39 is 0 Å². The molecule has 0 amide bonds. The van der Waals surface area contributed by atoms with Crippen LogP contribution in [0, 0.1) is 0 Å². The largest absolute Gasteiger partial charge is 0.379 e. The Hall–Kier alpha value is -0.120. The highest BCUT2D eigenvalue weighted by molar-refractivity contribution is 4.53. The smallest absolute Gasteiger partial charge is 0.0781 e. The fourth-order valence-corrected chi connectivity index (χ4v) is 1.96. The molecule has 122 valence electrons. The summed E-state index contributed by atoms with van der Waals surface area (Å²) in [6, 6.07) is 0. The summed E-state index contributed by atoms with van der Waals surface area (Å²) >= 11 is 0. The van der Waals surface area contributed by atoms with Crippen molar-refractivity contribution in [1.29, 1.82) is 0 Å². The van der Waals surface area contributed by atoms with Crippen molar-refractivity contribution in [3.8, 4) is 0 Å². The Morgan fingerprint density at radius 3 is 2.00 bits per heavy atom. The van der Waals surface area contributed by atoms with Gasteiger partial charge in [0.25, 0.3) is 0 Å². The molecule has 0 spiro atoms. The highest BCUT2D eigenvalue weighted by atomic mass is 16.6. The van der Waals surface area contributed by atoms with E-state index in [-0.39, 0.29) is 12.2 Å². The first kappa shape index (κ1) is 19.9. The van der Waals surface area contributed by atoms with Crippen LogP contribution in [-0.4, -0.2) is 38.6 Å². The summed E-state index contributed by atoms with van der Waals surface area (Å²) in [5.74, 6) is 0. The van der Waals surface area contributed by atoms with Crippen LogP contribution in [0.1, 0.15) is 72.6 Å². The van der Waals surface area contributed by atoms with Gasteiger partial charge in [-0.2, -0.15) is 0 Å². The van der Waals surface area contributed by atoms with Gasteiger partial charge in [-0.05, 0) is 26.7 Å². The summed E-state index contributed by atoms with van der Waals surface area (Å²) in [6.07, 6.45) is 9.23. The molecule has 0 aromatic heterocycles. The molecule has 2 unspecified atom stereocenters. The minimum atomic E-state index is 0.154. The zero-order valence-electron chi connectivity index (χ0n) is 14.2. The molecule has 0 aromatic rings. The van der Waals surface area contributed by atoms with E-state index in [0.717, 1.165) is 19.6 Å². The number of unbranched alkanes of at least 4 members (excludes halogenated alkanes) is 5. The lowest BCUT2D eigenvalue weighted by atomic mass is 10.1. The van der Waals surface area contributed by atoms with Gasteiger partial charge in [-0.25, -0.2) is 0 Å². The average molecular weight is 288 g/mol. The maximum Gasteiger partial charge on any atom is 0.0781 e. The van der Waals surface area contributed by atoms with Crippen molar-refractivity contribution < 1.29 is 14.2 Å². The van der Waals surface area contributed by atoms with E-state index in [9.17, 15) is 0 Å². The van der Waals surface area contributed by atoms with Crippen LogP contribution in [0.15, 0.2) is 0 Å². The Morgan fingerprint density at radius 1 is 0.650 bits per heavy atom. The van der Waals surface area contributed by atoms with E-state index in [1.807, 2.05) is 0 Å². The second-order valence-electron chi connectivity index (χ2n) is 5.67. The summed E-state index contributed by atoms with van der Waals surface area (Å²) in [5.41, 5.74) is 0. The third-order valence-electron chi connectivity index (χ3n) is 3.22. The van der Waals surface area contributed by atoms with Crippen LogP contribution in [0.3, 0.4) is 0 Å². The second kappa shape index (κ2) is 15.3. The fourth-order valence-electron chi connectivity index (χ4n) is 1.96. The van der Waals surface area contributed by atoms with Crippen molar-refractivity contribution in [2.75, 3.05) is 26.4 Å². The average Bonchev–Trinajstić information content (AvgIpc) is 2.44. The van der Waals surface area contributed by atoms with Gasteiger partial charge in [0, 0.05) is 13.2 Å². The van der Waals surface area contributed by atoms with Crippen LogP contribution >= 0.6 is 0 Å². The van der Waals surface area contributed by atoms with Gasteiger partial charge in [-0.15, -0.1) is 0 Å². The van der Waals surface area contributed by atoms with Gasteiger partial charge in [0.1, 0.15) is 0 Å². The third kappa shape index (κ3) is 14.3. The number of hydrogen-bond acceptors (Lipinski definition) is 3. The van der Waals surface area contributed by atoms with Gasteiger partial charge in [-0.1, -0.05) is 46.0 Å². The molecule has 3 heteroatoms. The van der Waals surface area contributed by atoms with Crippen LogP contribution < -0.4 is 0 Å². The van der Waals surface area contributed by atoms with Crippen molar-refractivity contribution in [3.05, 3.63) is 0 Å². The van der Waals surface area contributed by atoms with Gasteiger partial charge in [0.15, 0.2) is 0 Å². The molecule has 0 aliphatic heterocycles. The minimum absolute atomic E-state index is 0.154. The molecular weight excluding hydrogens is 252 g/mol. The Morgan fingerprint density at radius 2 is 1.30 bits per heavy atom. The SMILES string of the molecule is CCCCCCCCOC(C)COC(C)COCCC. The normalized spacial score (nSPS) is 14.4. The molecular formula is C17H36O3. The van der Waals surface area contributed by atoms with Gasteiger partial charge in [0.2, 0.25) is 0 Å². The molecule has 0 aromatic carbocycles. The lowest BCUT2D eigenvalue weighted by Crippen LogP contribution is -2.23. The van der Waals surface area contributed by atoms with Crippen LogP contribution in [0.2, 0.25) is 0 Å². The molecule has 0 N–H and O–H groups in total. The first-order chi connectivity index (χ1) is 9.70. The molecule has 0 bridgehead atoms. The van der Waals surface area contributed by atoms with Crippen molar-refractivity contribution in [1.82, 2.24) is 0 Å². The first-order valence-corrected chi connectivity index (χ1v) is 8.51. The van der Waals surface area contributed by atoms with Crippen molar-refractivity contribution in [3.63, 3.8) is 0 Å². The molecule has 2 atom stereocenters. The number of hydrogen-bond donors (Lipinski definition) is 0. The number of ether oxygens (including phenoxy) is 3. The second-order valence-corrected chi connectivity index (χ2v) is 5.67. The molecule has 0 saturated carbocycles. The molecule has 0 heterocycles. The molecule has 20 heavy (non-hydrogen) atoms. The maximum absolute atomic E-state index is 5.76. The predicted molar refractivity (Wildman–Crippen MR) is 85.3 cm³/mol. The molecule has 0 fully saturated rings. The van der Waals surface area contributed by atoms with E-state index >= 15 is 0 Å². The van der Waals surface area contributed by atoms with Crippen molar-refractivity contribution in [2.45, 2.75) is 84.8 Å².